The zero-order valence-electron chi connectivity index (χ0n) is 14.3. The van der Waals surface area contributed by atoms with Gasteiger partial charge in [0.05, 0.1) is 12.7 Å². The molecule has 2 aromatic rings. The van der Waals surface area contributed by atoms with Crippen molar-refractivity contribution in [2.24, 2.45) is 0 Å². The summed E-state index contributed by atoms with van der Waals surface area (Å²) in [7, 11) is 5.18. The lowest BCUT2D eigenvalue weighted by Gasteiger charge is -2.14. The van der Waals surface area contributed by atoms with E-state index in [1.54, 1.807) is 18.0 Å². The van der Waals surface area contributed by atoms with E-state index in [9.17, 15) is 4.79 Å². The lowest BCUT2D eigenvalue weighted by molar-refractivity contribution is -0.133. The number of ether oxygens (including phenoxy) is 1. The zero-order chi connectivity index (χ0) is 18.4. The van der Waals surface area contributed by atoms with Gasteiger partial charge in [-0.3, -0.25) is 0 Å². The van der Waals surface area contributed by atoms with E-state index in [2.05, 4.69) is 37.9 Å². The molecular weight excluding hydrogens is 466 g/mol. The van der Waals surface area contributed by atoms with Gasteiger partial charge in [-0.15, -0.1) is 11.8 Å². The first-order chi connectivity index (χ1) is 11.9. The quantitative estimate of drug-likeness (QED) is 0.304. The van der Waals surface area contributed by atoms with Crippen LogP contribution in [0.2, 0.25) is 0 Å². The SMILES string of the molecule is COC(=O)C(=CN(C)C)c1ccccc1SCc1cc(Br)ccc1Br. The molecule has 0 amide bonds. The highest BCUT2D eigenvalue weighted by Gasteiger charge is 2.17. The maximum absolute atomic E-state index is 12.2. The first-order valence-corrected chi connectivity index (χ1v) is 10.1. The number of rotatable bonds is 6. The molecule has 0 bridgehead atoms. The summed E-state index contributed by atoms with van der Waals surface area (Å²) in [5.74, 6) is 0.443. The highest BCUT2D eigenvalue weighted by atomic mass is 79.9. The molecule has 2 rings (SSSR count). The second-order valence-electron chi connectivity index (χ2n) is 5.52. The van der Waals surface area contributed by atoms with Gasteiger partial charge in [-0.05, 0) is 29.8 Å². The van der Waals surface area contributed by atoms with Gasteiger partial charge in [-0.1, -0.05) is 50.1 Å². The summed E-state index contributed by atoms with van der Waals surface area (Å²) in [5, 5.41) is 0. The summed E-state index contributed by atoms with van der Waals surface area (Å²) in [6.45, 7) is 0. The minimum atomic E-state index is -0.342. The summed E-state index contributed by atoms with van der Waals surface area (Å²) in [5.41, 5.74) is 2.61. The molecular formula is C19H19Br2NO2S. The highest BCUT2D eigenvalue weighted by Crippen LogP contribution is 2.33. The normalized spacial score (nSPS) is 11.3. The second kappa shape index (κ2) is 9.46. The van der Waals surface area contributed by atoms with Crippen molar-refractivity contribution < 1.29 is 9.53 Å². The lowest BCUT2D eigenvalue weighted by Crippen LogP contribution is -2.10. The van der Waals surface area contributed by atoms with Crippen LogP contribution in [0.3, 0.4) is 0 Å². The van der Waals surface area contributed by atoms with Crippen molar-refractivity contribution in [2.45, 2.75) is 10.6 Å². The number of esters is 1. The Hall–Kier alpha value is -1.24. The van der Waals surface area contributed by atoms with Crippen LogP contribution in [0.15, 0.2) is 62.5 Å². The van der Waals surface area contributed by atoms with Gasteiger partial charge in [0.15, 0.2) is 0 Å². The molecule has 2 aromatic carbocycles. The molecule has 0 aliphatic rings. The molecule has 0 saturated carbocycles. The Morgan fingerprint density at radius 3 is 2.60 bits per heavy atom. The van der Waals surface area contributed by atoms with Crippen LogP contribution in [0.1, 0.15) is 11.1 Å². The summed E-state index contributed by atoms with van der Waals surface area (Å²) in [4.78, 5) is 15.1. The molecule has 0 unspecified atom stereocenters. The van der Waals surface area contributed by atoms with E-state index in [1.165, 1.54) is 12.7 Å². The van der Waals surface area contributed by atoms with Gasteiger partial charge >= 0.3 is 5.97 Å². The van der Waals surface area contributed by atoms with Gasteiger partial charge in [0, 0.05) is 45.5 Å². The molecule has 0 N–H and O–H groups in total. The van der Waals surface area contributed by atoms with E-state index >= 15 is 0 Å². The molecule has 0 aromatic heterocycles. The number of hydrogen-bond acceptors (Lipinski definition) is 4. The van der Waals surface area contributed by atoms with E-state index in [0.29, 0.717) is 5.57 Å². The van der Waals surface area contributed by atoms with Gasteiger partial charge < -0.3 is 9.64 Å². The standard InChI is InChI=1S/C19H19Br2NO2S/c1-22(2)11-16(19(23)24-3)15-6-4-5-7-18(15)25-12-13-10-14(20)8-9-17(13)21/h4-11H,12H2,1-3H3. The van der Waals surface area contributed by atoms with Crippen molar-refractivity contribution in [3.05, 3.63) is 68.7 Å². The van der Waals surface area contributed by atoms with E-state index in [0.717, 1.165) is 25.2 Å². The van der Waals surface area contributed by atoms with E-state index in [1.807, 2.05) is 55.4 Å². The van der Waals surface area contributed by atoms with Crippen molar-refractivity contribution in [1.82, 2.24) is 4.90 Å². The fourth-order valence-electron chi connectivity index (χ4n) is 2.22. The minimum absolute atomic E-state index is 0.342. The minimum Gasteiger partial charge on any atom is -0.465 e. The third-order valence-electron chi connectivity index (χ3n) is 3.36. The number of halogens is 2. The Bertz CT molecular complexity index is 791. The third-order valence-corrected chi connectivity index (χ3v) is 5.75. The predicted octanol–water partition coefficient (Wildman–Crippen LogP) is 5.58. The maximum atomic E-state index is 12.2. The molecule has 0 spiro atoms. The zero-order valence-corrected chi connectivity index (χ0v) is 18.2. The molecule has 0 heterocycles. The van der Waals surface area contributed by atoms with Gasteiger partial charge in [0.25, 0.3) is 0 Å². The first kappa shape index (κ1) is 20.1. The lowest BCUT2D eigenvalue weighted by atomic mass is 10.1. The monoisotopic (exact) mass is 483 g/mol. The highest BCUT2D eigenvalue weighted by molar-refractivity contribution is 9.11. The van der Waals surface area contributed by atoms with E-state index < -0.39 is 0 Å². The number of methoxy groups -OCH3 is 1. The fraction of sp³-hybridized carbons (Fsp3) is 0.211. The number of hydrogen-bond donors (Lipinski definition) is 0. The third kappa shape index (κ3) is 5.62. The van der Waals surface area contributed by atoms with Crippen LogP contribution >= 0.6 is 43.6 Å². The molecule has 0 aliphatic carbocycles. The molecule has 132 valence electrons. The average Bonchev–Trinajstić information content (AvgIpc) is 2.60. The van der Waals surface area contributed by atoms with Crippen LogP contribution in [0.25, 0.3) is 5.57 Å². The molecule has 0 aliphatic heterocycles. The molecule has 6 heteroatoms. The van der Waals surface area contributed by atoms with E-state index in [-0.39, 0.29) is 5.97 Å². The molecule has 0 atom stereocenters. The number of thioether (sulfide) groups is 1. The molecule has 3 nitrogen and oxygen atoms in total. The van der Waals surface area contributed by atoms with Crippen molar-refractivity contribution in [3.63, 3.8) is 0 Å². The number of benzene rings is 2. The number of nitrogens with zero attached hydrogens (tertiary/aromatic N) is 1. The first-order valence-electron chi connectivity index (χ1n) is 7.55. The van der Waals surface area contributed by atoms with E-state index in [4.69, 9.17) is 4.74 Å². The largest absolute Gasteiger partial charge is 0.465 e. The van der Waals surface area contributed by atoms with Crippen molar-refractivity contribution in [3.8, 4) is 0 Å². The smallest absolute Gasteiger partial charge is 0.339 e. The molecule has 0 saturated heterocycles. The van der Waals surface area contributed by atoms with Gasteiger partial charge in [-0.25, -0.2) is 4.79 Å². The molecule has 0 radical (unpaired) electrons. The van der Waals surface area contributed by atoms with Gasteiger partial charge in [0.2, 0.25) is 0 Å². The Kier molecular flexibility index (Phi) is 7.59. The van der Waals surface area contributed by atoms with Crippen LogP contribution in [0, 0.1) is 0 Å². The van der Waals surface area contributed by atoms with Crippen LogP contribution in [-0.4, -0.2) is 32.1 Å². The Morgan fingerprint density at radius 1 is 1.20 bits per heavy atom. The maximum Gasteiger partial charge on any atom is 0.339 e. The van der Waals surface area contributed by atoms with Crippen LogP contribution in [0.5, 0.6) is 0 Å². The topological polar surface area (TPSA) is 29.5 Å². The summed E-state index contributed by atoms with van der Waals surface area (Å²) in [6, 6.07) is 14.0. The Morgan fingerprint density at radius 2 is 1.92 bits per heavy atom. The van der Waals surface area contributed by atoms with Crippen molar-refractivity contribution in [1.29, 1.82) is 0 Å². The van der Waals surface area contributed by atoms with Gasteiger partial charge in [0.1, 0.15) is 0 Å². The summed E-state index contributed by atoms with van der Waals surface area (Å²) in [6.07, 6.45) is 1.79. The van der Waals surface area contributed by atoms with Crippen LogP contribution in [0.4, 0.5) is 0 Å². The number of carbonyl (C=O) groups is 1. The molecule has 25 heavy (non-hydrogen) atoms. The summed E-state index contributed by atoms with van der Waals surface area (Å²) < 4.78 is 7.07. The number of carbonyl (C=O) groups excluding carboxylic acids is 1. The second-order valence-corrected chi connectivity index (χ2v) is 8.31. The van der Waals surface area contributed by atoms with Crippen molar-refractivity contribution in [2.75, 3.05) is 21.2 Å². The fourth-order valence-corrected chi connectivity index (χ4v) is 4.26. The van der Waals surface area contributed by atoms with Crippen LogP contribution in [-0.2, 0) is 15.3 Å². The van der Waals surface area contributed by atoms with Crippen LogP contribution < -0.4 is 0 Å². The summed E-state index contributed by atoms with van der Waals surface area (Å²) >= 11 is 8.79. The Labute approximate surface area is 169 Å². The molecule has 0 fully saturated rings. The van der Waals surface area contributed by atoms with Crippen molar-refractivity contribution >= 4 is 55.2 Å². The predicted molar refractivity (Wildman–Crippen MR) is 112 cm³/mol. The Balaban J connectivity index is 2.34. The average molecular weight is 485 g/mol. The van der Waals surface area contributed by atoms with Gasteiger partial charge in [-0.2, -0.15) is 0 Å².